The first-order valence-corrected chi connectivity index (χ1v) is 6.46. The zero-order chi connectivity index (χ0) is 11.1. The van der Waals surface area contributed by atoms with Gasteiger partial charge in [0.1, 0.15) is 11.3 Å². The molecule has 0 radical (unpaired) electrons. The second-order valence-corrected chi connectivity index (χ2v) is 5.53. The maximum atomic E-state index is 6.13. The summed E-state index contributed by atoms with van der Waals surface area (Å²) in [5.41, 5.74) is 7.05. The molecule has 0 aliphatic heterocycles. The van der Waals surface area contributed by atoms with Crippen LogP contribution in [-0.4, -0.2) is 0 Å². The van der Waals surface area contributed by atoms with Crippen molar-refractivity contribution < 1.29 is 4.42 Å². The van der Waals surface area contributed by atoms with Gasteiger partial charge in [0.15, 0.2) is 0 Å². The summed E-state index contributed by atoms with van der Waals surface area (Å²) < 4.78 is 6.84. The van der Waals surface area contributed by atoms with Gasteiger partial charge in [-0.15, -0.1) is 0 Å². The van der Waals surface area contributed by atoms with E-state index in [1.165, 1.54) is 12.8 Å². The van der Waals surface area contributed by atoms with E-state index < -0.39 is 0 Å². The number of fused-ring (bicyclic) bond motifs is 1. The summed E-state index contributed by atoms with van der Waals surface area (Å²) in [6.45, 7) is 0. The Morgan fingerprint density at radius 2 is 2.19 bits per heavy atom. The van der Waals surface area contributed by atoms with Crippen molar-refractivity contribution in [1.82, 2.24) is 0 Å². The third-order valence-corrected chi connectivity index (χ3v) is 3.64. The number of hydrogen-bond acceptors (Lipinski definition) is 2. The van der Waals surface area contributed by atoms with Gasteiger partial charge in [0.05, 0.1) is 6.04 Å². The van der Waals surface area contributed by atoms with Crippen LogP contribution in [0.25, 0.3) is 11.0 Å². The average Bonchev–Trinajstić information content (AvgIpc) is 2.95. The van der Waals surface area contributed by atoms with Crippen LogP contribution < -0.4 is 5.73 Å². The quantitative estimate of drug-likeness (QED) is 0.923. The topological polar surface area (TPSA) is 39.2 Å². The molecule has 3 rings (SSSR count). The van der Waals surface area contributed by atoms with E-state index in [0.29, 0.717) is 0 Å². The third-order valence-electron chi connectivity index (χ3n) is 3.15. The Kier molecular flexibility index (Phi) is 2.52. The summed E-state index contributed by atoms with van der Waals surface area (Å²) in [6.07, 6.45) is 3.72. The number of nitrogens with two attached hydrogens (primary N) is 1. The molecule has 1 saturated carbocycles. The highest BCUT2D eigenvalue weighted by Gasteiger charge is 2.25. The first kappa shape index (κ1) is 10.4. The molecule has 2 aromatic rings. The summed E-state index contributed by atoms with van der Waals surface area (Å²) in [4.78, 5) is 0. The molecule has 1 aliphatic carbocycles. The van der Waals surface area contributed by atoms with Gasteiger partial charge >= 0.3 is 0 Å². The first-order chi connectivity index (χ1) is 7.72. The predicted octanol–water partition coefficient (Wildman–Crippen LogP) is 4.00. The maximum absolute atomic E-state index is 6.13. The Morgan fingerprint density at radius 3 is 2.94 bits per heavy atom. The van der Waals surface area contributed by atoms with Crippen LogP contribution in [0.3, 0.4) is 0 Å². The summed E-state index contributed by atoms with van der Waals surface area (Å²) in [7, 11) is 0. The Labute approximate surface area is 103 Å². The molecular formula is C13H14BrNO. The van der Waals surface area contributed by atoms with Crippen LogP contribution in [0.1, 0.15) is 31.1 Å². The van der Waals surface area contributed by atoms with Gasteiger partial charge in [-0.3, -0.25) is 0 Å². The summed E-state index contributed by atoms with van der Waals surface area (Å²) in [6, 6.07) is 8.15. The van der Waals surface area contributed by atoms with E-state index in [4.69, 9.17) is 10.2 Å². The number of furan rings is 1. The van der Waals surface area contributed by atoms with Crippen molar-refractivity contribution >= 4 is 26.9 Å². The Morgan fingerprint density at radius 1 is 1.38 bits per heavy atom. The average molecular weight is 280 g/mol. The zero-order valence-electron chi connectivity index (χ0n) is 8.95. The molecular weight excluding hydrogens is 266 g/mol. The minimum Gasteiger partial charge on any atom is -0.459 e. The lowest BCUT2D eigenvalue weighted by Gasteiger charge is -2.06. The molecule has 2 nitrogen and oxygen atoms in total. The third kappa shape index (κ3) is 2.02. The van der Waals surface area contributed by atoms with Crippen LogP contribution in [-0.2, 0) is 0 Å². The number of hydrogen-bond donors (Lipinski definition) is 1. The molecule has 16 heavy (non-hydrogen) atoms. The van der Waals surface area contributed by atoms with E-state index in [1.807, 2.05) is 12.1 Å². The SMILES string of the molecule is N[C@@H](CC1CC1)c1cc2cc(Br)ccc2o1. The standard InChI is InChI=1S/C13H14BrNO/c14-10-3-4-12-9(6-10)7-13(16-12)11(15)5-8-1-2-8/h3-4,6-8,11H,1-2,5,15H2/t11-/m0/s1. The number of halogens is 1. The number of benzene rings is 1. The van der Waals surface area contributed by atoms with E-state index in [-0.39, 0.29) is 6.04 Å². The molecule has 0 saturated heterocycles. The van der Waals surface area contributed by atoms with E-state index in [2.05, 4.69) is 28.1 Å². The maximum Gasteiger partial charge on any atom is 0.134 e. The van der Waals surface area contributed by atoms with Crippen molar-refractivity contribution in [2.45, 2.75) is 25.3 Å². The summed E-state index contributed by atoms with van der Waals surface area (Å²) in [5, 5.41) is 1.12. The summed E-state index contributed by atoms with van der Waals surface area (Å²) in [5.74, 6) is 1.75. The van der Waals surface area contributed by atoms with Gasteiger partial charge in [0.25, 0.3) is 0 Å². The molecule has 1 heterocycles. The summed E-state index contributed by atoms with van der Waals surface area (Å²) >= 11 is 3.46. The van der Waals surface area contributed by atoms with Crippen LogP contribution in [0.5, 0.6) is 0 Å². The second-order valence-electron chi connectivity index (χ2n) is 4.62. The molecule has 3 heteroatoms. The lowest BCUT2D eigenvalue weighted by atomic mass is 10.1. The molecule has 1 fully saturated rings. The lowest BCUT2D eigenvalue weighted by molar-refractivity contribution is 0.463. The number of rotatable bonds is 3. The Hall–Kier alpha value is -0.800. The molecule has 1 atom stereocenters. The van der Waals surface area contributed by atoms with Gasteiger partial charge in [-0.25, -0.2) is 0 Å². The lowest BCUT2D eigenvalue weighted by Crippen LogP contribution is -2.09. The van der Waals surface area contributed by atoms with Crippen LogP contribution in [0, 0.1) is 5.92 Å². The van der Waals surface area contributed by atoms with Gasteiger partial charge < -0.3 is 10.2 Å². The van der Waals surface area contributed by atoms with Crippen LogP contribution in [0.2, 0.25) is 0 Å². The van der Waals surface area contributed by atoms with Crippen molar-refractivity contribution in [2.75, 3.05) is 0 Å². The van der Waals surface area contributed by atoms with E-state index in [9.17, 15) is 0 Å². The predicted molar refractivity (Wildman–Crippen MR) is 68.2 cm³/mol. The highest BCUT2D eigenvalue weighted by Crippen LogP contribution is 2.37. The Balaban J connectivity index is 1.91. The van der Waals surface area contributed by atoms with E-state index in [0.717, 1.165) is 33.5 Å². The Bertz CT molecular complexity index is 516. The molecule has 84 valence electrons. The van der Waals surface area contributed by atoms with E-state index in [1.54, 1.807) is 0 Å². The normalized spacial score (nSPS) is 17.9. The minimum atomic E-state index is 0.0543. The molecule has 0 spiro atoms. The molecule has 1 aromatic carbocycles. The van der Waals surface area contributed by atoms with Crippen LogP contribution >= 0.6 is 15.9 Å². The van der Waals surface area contributed by atoms with Gasteiger partial charge in [0, 0.05) is 9.86 Å². The van der Waals surface area contributed by atoms with Crippen molar-refractivity contribution in [1.29, 1.82) is 0 Å². The van der Waals surface area contributed by atoms with Gasteiger partial charge in [-0.05, 0) is 36.6 Å². The molecule has 0 unspecified atom stereocenters. The fraction of sp³-hybridized carbons (Fsp3) is 0.385. The largest absolute Gasteiger partial charge is 0.459 e. The minimum absolute atomic E-state index is 0.0543. The second kappa shape index (κ2) is 3.90. The zero-order valence-corrected chi connectivity index (χ0v) is 10.5. The highest BCUT2D eigenvalue weighted by atomic mass is 79.9. The fourth-order valence-electron chi connectivity index (χ4n) is 2.05. The molecule has 0 amide bonds. The van der Waals surface area contributed by atoms with E-state index >= 15 is 0 Å². The molecule has 1 aromatic heterocycles. The van der Waals surface area contributed by atoms with Crippen molar-refractivity contribution in [3.05, 3.63) is 34.5 Å². The highest BCUT2D eigenvalue weighted by molar-refractivity contribution is 9.10. The fourth-order valence-corrected chi connectivity index (χ4v) is 2.43. The smallest absolute Gasteiger partial charge is 0.134 e. The first-order valence-electron chi connectivity index (χ1n) is 5.67. The van der Waals surface area contributed by atoms with Crippen LogP contribution in [0.4, 0.5) is 0 Å². The molecule has 1 aliphatic rings. The monoisotopic (exact) mass is 279 g/mol. The van der Waals surface area contributed by atoms with Crippen molar-refractivity contribution in [2.24, 2.45) is 11.7 Å². The van der Waals surface area contributed by atoms with Crippen molar-refractivity contribution in [3.8, 4) is 0 Å². The molecule has 0 bridgehead atoms. The van der Waals surface area contributed by atoms with Gasteiger partial charge in [-0.2, -0.15) is 0 Å². The molecule has 2 N–H and O–H groups in total. The van der Waals surface area contributed by atoms with Gasteiger partial charge in [0.2, 0.25) is 0 Å². The van der Waals surface area contributed by atoms with Crippen molar-refractivity contribution in [3.63, 3.8) is 0 Å². The van der Waals surface area contributed by atoms with Gasteiger partial charge in [-0.1, -0.05) is 28.8 Å². The van der Waals surface area contributed by atoms with Crippen LogP contribution in [0.15, 0.2) is 33.2 Å².